The molecule has 0 aromatic heterocycles. The molecule has 1 aliphatic carbocycles. The van der Waals surface area contributed by atoms with Gasteiger partial charge < -0.3 is 14.5 Å². The Morgan fingerprint density at radius 1 is 0.939 bits per heavy atom. The van der Waals surface area contributed by atoms with Crippen molar-refractivity contribution in [3.8, 4) is 5.75 Å². The predicted molar refractivity (Wildman–Crippen MR) is 126 cm³/mol. The van der Waals surface area contributed by atoms with Crippen LogP contribution >= 0.6 is 0 Å². The molecule has 1 aromatic carbocycles. The lowest BCUT2D eigenvalue weighted by molar-refractivity contribution is -0.135. The van der Waals surface area contributed by atoms with E-state index in [1.165, 1.54) is 9.80 Å². The highest BCUT2D eigenvalue weighted by molar-refractivity contribution is 6.07. The molecule has 3 amide bonds. The molecular weight excluding hydrogens is 423 g/mol. The Kier molecular flexibility index (Phi) is 7.73. The lowest BCUT2D eigenvalue weighted by Crippen LogP contribution is -2.51. The van der Waals surface area contributed by atoms with Crippen LogP contribution in [-0.4, -0.2) is 91.8 Å². The van der Waals surface area contributed by atoms with E-state index in [4.69, 9.17) is 4.74 Å². The van der Waals surface area contributed by atoms with Gasteiger partial charge >= 0.3 is 6.03 Å². The van der Waals surface area contributed by atoms with Gasteiger partial charge in [-0.3, -0.25) is 14.6 Å². The van der Waals surface area contributed by atoms with Crippen LogP contribution in [0.4, 0.5) is 14.9 Å². The third-order valence-electron chi connectivity index (χ3n) is 7.51. The predicted octanol–water partition coefficient (Wildman–Crippen LogP) is 3.53. The third-order valence-corrected chi connectivity index (χ3v) is 7.51. The standard InChI is InChI=1S/C25H37FN4O3/c1-33-22-10-4-3-9-21(22)28-19-17-27(18-20-28)14-7-8-15-29-23(31)25(11-5-2-6-12-25)30(16-13-26)24(29)32/h3-4,9-10H,2,5-8,11-20H2,1H3. The number of piperazine rings is 1. The number of hydrogen-bond acceptors (Lipinski definition) is 5. The van der Waals surface area contributed by atoms with Crippen LogP contribution in [0.2, 0.25) is 0 Å². The van der Waals surface area contributed by atoms with E-state index in [9.17, 15) is 14.0 Å². The van der Waals surface area contributed by atoms with Crippen LogP contribution in [0.3, 0.4) is 0 Å². The number of halogens is 1. The van der Waals surface area contributed by atoms with Gasteiger partial charge in [0.25, 0.3) is 5.91 Å². The summed E-state index contributed by atoms with van der Waals surface area (Å²) in [6, 6.07) is 7.84. The first-order valence-corrected chi connectivity index (χ1v) is 12.4. The number of alkyl halides is 1. The molecule has 8 heteroatoms. The van der Waals surface area contributed by atoms with Crippen molar-refractivity contribution in [2.45, 2.75) is 50.5 Å². The average Bonchev–Trinajstić information content (AvgIpc) is 3.04. The molecule has 0 bridgehead atoms. The van der Waals surface area contributed by atoms with Gasteiger partial charge in [0.15, 0.2) is 0 Å². The number of carbonyl (C=O) groups is 2. The Morgan fingerprint density at radius 3 is 2.33 bits per heavy atom. The first-order chi connectivity index (χ1) is 16.1. The monoisotopic (exact) mass is 460 g/mol. The summed E-state index contributed by atoms with van der Waals surface area (Å²) in [5.41, 5.74) is 0.358. The molecule has 1 aromatic rings. The van der Waals surface area contributed by atoms with E-state index in [2.05, 4.69) is 15.9 Å². The smallest absolute Gasteiger partial charge is 0.327 e. The number of urea groups is 1. The maximum absolute atomic E-state index is 13.2. The molecule has 33 heavy (non-hydrogen) atoms. The minimum atomic E-state index is -0.782. The largest absolute Gasteiger partial charge is 0.495 e. The molecule has 2 saturated heterocycles. The zero-order valence-electron chi connectivity index (χ0n) is 19.8. The van der Waals surface area contributed by atoms with Crippen molar-refractivity contribution in [1.29, 1.82) is 0 Å². The van der Waals surface area contributed by atoms with Crippen LogP contribution in [0.5, 0.6) is 5.75 Å². The summed E-state index contributed by atoms with van der Waals surface area (Å²) in [5.74, 6) is 0.814. The average molecular weight is 461 g/mol. The van der Waals surface area contributed by atoms with Crippen molar-refractivity contribution in [3.63, 3.8) is 0 Å². The summed E-state index contributed by atoms with van der Waals surface area (Å²) in [7, 11) is 1.71. The Balaban J connectivity index is 1.24. The molecule has 3 aliphatic rings. The molecule has 1 saturated carbocycles. The SMILES string of the molecule is COc1ccccc1N1CCN(CCCCN2C(=O)N(CCF)C3(CCCCC3)C2=O)CC1. The summed E-state index contributed by atoms with van der Waals surface area (Å²) in [6.45, 7) is 4.67. The van der Waals surface area contributed by atoms with E-state index in [-0.39, 0.29) is 18.5 Å². The van der Waals surface area contributed by atoms with E-state index >= 15 is 0 Å². The summed E-state index contributed by atoms with van der Waals surface area (Å²) in [4.78, 5) is 33.9. The Hall–Kier alpha value is -2.35. The summed E-state index contributed by atoms with van der Waals surface area (Å²) >= 11 is 0. The highest BCUT2D eigenvalue weighted by Crippen LogP contribution is 2.40. The first-order valence-electron chi connectivity index (χ1n) is 12.4. The normalized spacial score (nSPS) is 21.3. The van der Waals surface area contributed by atoms with Gasteiger partial charge in [0.2, 0.25) is 0 Å². The molecule has 2 aliphatic heterocycles. The second-order valence-electron chi connectivity index (χ2n) is 9.38. The quantitative estimate of drug-likeness (QED) is 0.417. The number of nitrogens with zero attached hydrogens (tertiary/aromatic N) is 4. The number of hydrogen-bond donors (Lipinski definition) is 0. The fourth-order valence-electron chi connectivity index (χ4n) is 5.70. The lowest BCUT2D eigenvalue weighted by Gasteiger charge is -2.37. The second-order valence-corrected chi connectivity index (χ2v) is 9.38. The van der Waals surface area contributed by atoms with Gasteiger partial charge in [0.1, 0.15) is 18.0 Å². The molecule has 0 unspecified atom stereocenters. The summed E-state index contributed by atoms with van der Waals surface area (Å²) in [6.07, 6.45) is 5.99. The fourth-order valence-corrected chi connectivity index (χ4v) is 5.70. The van der Waals surface area contributed by atoms with E-state index in [1.807, 2.05) is 18.2 Å². The Morgan fingerprint density at radius 2 is 1.64 bits per heavy atom. The number of carbonyl (C=O) groups excluding carboxylic acids is 2. The summed E-state index contributed by atoms with van der Waals surface area (Å²) in [5, 5.41) is 0. The number of imide groups is 1. The van der Waals surface area contributed by atoms with Crippen molar-refractivity contribution >= 4 is 17.6 Å². The van der Waals surface area contributed by atoms with E-state index in [0.29, 0.717) is 19.4 Å². The topological polar surface area (TPSA) is 56.3 Å². The van der Waals surface area contributed by atoms with Gasteiger partial charge in [0.05, 0.1) is 19.3 Å². The van der Waals surface area contributed by atoms with Crippen LogP contribution in [0.25, 0.3) is 0 Å². The van der Waals surface area contributed by atoms with Gasteiger partial charge in [-0.15, -0.1) is 0 Å². The van der Waals surface area contributed by atoms with Crippen molar-refractivity contribution in [1.82, 2.24) is 14.7 Å². The zero-order chi connectivity index (χ0) is 23.3. The number of benzene rings is 1. The fraction of sp³-hybridized carbons (Fsp3) is 0.680. The van der Waals surface area contributed by atoms with Crippen molar-refractivity contribution < 1.29 is 18.7 Å². The first kappa shape index (κ1) is 23.8. The third kappa shape index (κ3) is 4.81. The molecule has 7 nitrogen and oxygen atoms in total. The van der Waals surface area contributed by atoms with Crippen molar-refractivity contribution in [2.24, 2.45) is 0 Å². The van der Waals surface area contributed by atoms with Gasteiger partial charge in [-0.2, -0.15) is 0 Å². The maximum Gasteiger partial charge on any atom is 0.327 e. The molecule has 0 N–H and O–H groups in total. The van der Waals surface area contributed by atoms with Crippen molar-refractivity contribution in [2.75, 3.05) is 64.5 Å². The molecule has 4 rings (SSSR count). The van der Waals surface area contributed by atoms with Gasteiger partial charge in [0, 0.05) is 32.7 Å². The van der Waals surface area contributed by atoms with Crippen LogP contribution in [0, 0.1) is 0 Å². The van der Waals surface area contributed by atoms with Gasteiger partial charge in [-0.1, -0.05) is 31.4 Å². The van der Waals surface area contributed by atoms with Gasteiger partial charge in [-0.25, -0.2) is 9.18 Å². The number of methoxy groups -OCH3 is 1. The number of ether oxygens (including phenoxy) is 1. The number of para-hydroxylation sites is 2. The highest BCUT2D eigenvalue weighted by Gasteiger charge is 2.56. The molecule has 3 fully saturated rings. The molecule has 2 heterocycles. The molecule has 0 atom stereocenters. The number of anilines is 1. The molecular formula is C25H37FN4O3. The zero-order valence-corrected chi connectivity index (χ0v) is 19.8. The number of unbranched alkanes of at least 4 members (excludes halogenated alkanes) is 1. The van der Waals surface area contributed by atoms with Crippen molar-refractivity contribution in [3.05, 3.63) is 24.3 Å². The lowest BCUT2D eigenvalue weighted by atomic mass is 9.80. The Bertz CT molecular complexity index is 822. The summed E-state index contributed by atoms with van der Waals surface area (Å²) < 4.78 is 18.7. The Labute approximate surface area is 196 Å². The second kappa shape index (κ2) is 10.7. The molecule has 1 spiro atoms. The van der Waals surface area contributed by atoms with Crippen LogP contribution in [-0.2, 0) is 4.79 Å². The van der Waals surface area contributed by atoms with Gasteiger partial charge in [-0.05, 0) is 44.4 Å². The van der Waals surface area contributed by atoms with E-state index in [1.54, 1.807) is 7.11 Å². The minimum absolute atomic E-state index is 0.0253. The molecule has 0 radical (unpaired) electrons. The van der Waals surface area contributed by atoms with Crippen LogP contribution < -0.4 is 9.64 Å². The van der Waals surface area contributed by atoms with E-state index < -0.39 is 12.2 Å². The highest BCUT2D eigenvalue weighted by atomic mass is 19.1. The van der Waals surface area contributed by atoms with Crippen LogP contribution in [0.1, 0.15) is 44.9 Å². The molecule has 182 valence electrons. The number of rotatable bonds is 9. The van der Waals surface area contributed by atoms with Crippen LogP contribution in [0.15, 0.2) is 24.3 Å². The number of amides is 3. The maximum atomic E-state index is 13.2. The minimum Gasteiger partial charge on any atom is -0.495 e. The van der Waals surface area contributed by atoms with E-state index in [0.717, 1.165) is 76.3 Å².